The number of nitrogens with zero attached hydrogens (tertiary/aromatic N) is 2. The smallest absolute Gasteiger partial charge is 0.220 e. The predicted octanol–water partition coefficient (Wildman–Crippen LogP) is 2.18. The maximum Gasteiger partial charge on any atom is 0.220 e. The van der Waals surface area contributed by atoms with E-state index in [9.17, 15) is 4.79 Å². The normalized spacial score (nSPS) is 14.1. The molecule has 1 saturated carbocycles. The monoisotopic (exact) mass is 451 g/mol. The van der Waals surface area contributed by atoms with Gasteiger partial charge in [-0.05, 0) is 33.1 Å². The Morgan fingerprint density at radius 2 is 2.22 bits per heavy atom. The van der Waals surface area contributed by atoms with Crippen molar-refractivity contribution in [2.75, 3.05) is 13.1 Å². The van der Waals surface area contributed by atoms with Crippen molar-refractivity contribution >= 4 is 47.2 Å². The third-order valence-electron chi connectivity index (χ3n) is 3.20. The molecular weight excluding hydrogens is 425 g/mol. The van der Waals surface area contributed by atoms with E-state index in [-0.39, 0.29) is 29.9 Å². The lowest BCUT2D eigenvalue weighted by molar-refractivity contribution is -0.121. The van der Waals surface area contributed by atoms with Crippen LogP contribution in [0.5, 0.6) is 0 Å². The zero-order chi connectivity index (χ0) is 15.8. The first-order valence-corrected chi connectivity index (χ1v) is 8.72. The van der Waals surface area contributed by atoms with Crippen LogP contribution in [0.3, 0.4) is 0 Å². The maximum atomic E-state index is 11.6. The second-order valence-electron chi connectivity index (χ2n) is 5.43. The van der Waals surface area contributed by atoms with Crippen LogP contribution in [0.1, 0.15) is 42.5 Å². The van der Waals surface area contributed by atoms with Gasteiger partial charge in [-0.1, -0.05) is 0 Å². The molecule has 0 unspecified atom stereocenters. The number of aromatic nitrogens is 1. The third-order valence-corrected chi connectivity index (χ3v) is 4.10. The molecule has 1 amide bonds. The zero-order valence-corrected chi connectivity index (χ0v) is 16.9. The van der Waals surface area contributed by atoms with Crippen molar-refractivity contribution in [2.24, 2.45) is 4.99 Å². The Labute approximate surface area is 159 Å². The quantitative estimate of drug-likeness (QED) is 0.245. The number of hydrogen-bond donors (Lipinski definition) is 3. The molecule has 1 heterocycles. The average molecular weight is 451 g/mol. The summed E-state index contributed by atoms with van der Waals surface area (Å²) in [6.45, 7) is 6.20. The number of amides is 1. The summed E-state index contributed by atoms with van der Waals surface area (Å²) < 4.78 is 0. The van der Waals surface area contributed by atoms with Gasteiger partial charge in [0.15, 0.2) is 5.96 Å². The largest absolute Gasteiger partial charge is 0.357 e. The summed E-state index contributed by atoms with van der Waals surface area (Å²) in [6.07, 6.45) is 5.51. The van der Waals surface area contributed by atoms with Crippen LogP contribution in [-0.2, 0) is 11.3 Å². The van der Waals surface area contributed by atoms with Gasteiger partial charge in [0.2, 0.25) is 5.91 Å². The van der Waals surface area contributed by atoms with E-state index >= 15 is 0 Å². The molecule has 130 valence electrons. The van der Waals surface area contributed by atoms with Crippen LogP contribution in [-0.4, -0.2) is 36.0 Å². The van der Waals surface area contributed by atoms with Gasteiger partial charge in [-0.2, -0.15) is 0 Å². The number of aliphatic imine (C=N–C) groups is 1. The van der Waals surface area contributed by atoms with E-state index in [1.165, 1.54) is 4.88 Å². The lowest BCUT2D eigenvalue weighted by Gasteiger charge is -2.10. The standard InChI is InChI=1S/C15H25N5OS.HI/c1-3-16-15(19-10-14-18-9-11(2)22-14)17-8-4-5-13(21)20-12-6-7-12;/h9,12H,3-8,10H2,1-2H3,(H,20,21)(H2,16,17,19);1H. The van der Waals surface area contributed by atoms with E-state index in [2.05, 4.69) is 25.9 Å². The van der Waals surface area contributed by atoms with Crippen LogP contribution in [0.25, 0.3) is 0 Å². The number of hydrogen-bond acceptors (Lipinski definition) is 4. The Balaban J connectivity index is 0.00000264. The van der Waals surface area contributed by atoms with Gasteiger partial charge in [0.05, 0.1) is 6.54 Å². The molecule has 1 fully saturated rings. The Morgan fingerprint density at radius 3 is 2.83 bits per heavy atom. The molecule has 3 N–H and O–H groups in total. The Bertz CT molecular complexity index is 516. The third kappa shape index (κ3) is 8.50. The minimum absolute atomic E-state index is 0. The predicted molar refractivity (Wildman–Crippen MR) is 105 cm³/mol. The Morgan fingerprint density at radius 1 is 1.43 bits per heavy atom. The van der Waals surface area contributed by atoms with Gasteiger partial charge in [-0.15, -0.1) is 35.3 Å². The van der Waals surface area contributed by atoms with Crippen LogP contribution in [0.2, 0.25) is 0 Å². The van der Waals surface area contributed by atoms with Gasteiger partial charge in [-0.25, -0.2) is 9.98 Å². The van der Waals surface area contributed by atoms with Crippen molar-refractivity contribution < 1.29 is 4.79 Å². The van der Waals surface area contributed by atoms with Crippen molar-refractivity contribution in [3.05, 3.63) is 16.1 Å². The molecule has 23 heavy (non-hydrogen) atoms. The molecule has 1 aliphatic carbocycles. The minimum Gasteiger partial charge on any atom is -0.357 e. The van der Waals surface area contributed by atoms with Crippen LogP contribution in [0.4, 0.5) is 0 Å². The number of thiazole rings is 1. The fraction of sp³-hybridized carbons (Fsp3) is 0.667. The molecule has 0 radical (unpaired) electrons. The first kappa shape index (κ1) is 20.1. The van der Waals surface area contributed by atoms with Crippen LogP contribution in [0, 0.1) is 6.92 Å². The topological polar surface area (TPSA) is 78.4 Å². The average Bonchev–Trinajstić information content (AvgIpc) is 3.20. The fourth-order valence-electron chi connectivity index (χ4n) is 1.95. The summed E-state index contributed by atoms with van der Waals surface area (Å²) in [5.74, 6) is 0.933. The summed E-state index contributed by atoms with van der Waals surface area (Å²) in [4.78, 5) is 21.6. The number of halogens is 1. The SMILES string of the molecule is CCNC(=NCc1ncc(C)s1)NCCCC(=O)NC1CC1.I. The highest BCUT2D eigenvalue weighted by Crippen LogP contribution is 2.18. The molecule has 6 nitrogen and oxygen atoms in total. The molecule has 0 saturated heterocycles. The number of aryl methyl sites for hydroxylation is 1. The molecule has 0 aliphatic heterocycles. The minimum atomic E-state index is 0. The highest BCUT2D eigenvalue weighted by molar-refractivity contribution is 14.0. The molecule has 1 aliphatic rings. The van der Waals surface area contributed by atoms with Crippen molar-refractivity contribution in [3.63, 3.8) is 0 Å². The van der Waals surface area contributed by atoms with Gasteiger partial charge < -0.3 is 16.0 Å². The summed E-state index contributed by atoms with van der Waals surface area (Å²) >= 11 is 1.66. The van der Waals surface area contributed by atoms with E-state index in [4.69, 9.17) is 0 Å². The van der Waals surface area contributed by atoms with Crippen molar-refractivity contribution in [1.29, 1.82) is 0 Å². The van der Waals surface area contributed by atoms with Gasteiger partial charge in [-0.3, -0.25) is 4.79 Å². The Hall–Kier alpha value is -0.900. The fourth-order valence-corrected chi connectivity index (χ4v) is 2.66. The second-order valence-corrected chi connectivity index (χ2v) is 6.75. The summed E-state index contributed by atoms with van der Waals surface area (Å²) in [5.41, 5.74) is 0. The number of nitrogens with one attached hydrogen (secondary N) is 3. The molecule has 0 bridgehead atoms. The summed E-state index contributed by atoms with van der Waals surface area (Å²) in [6, 6.07) is 0.445. The zero-order valence-electron chi connectivity index (χ0n) is 13.7. The lowest BCUT2D eigenvalue weighted by Crippen LogP contribution is -2.38. The van der Waals surface area contributed by atoms with Crippen LogP contribution < -0.4 is 16.0 Å². The van der Waals surface area contributed by atoms with E-state index < -0.39 is 0 Å². The number of guanidine groups is 1. The van der Waals surface area contributed by atoms with E-state index in [1.54, 1.807) is 11.3 Å². The molecule has 1 aromatic rings. The lowest BCUT2D eigenvalue weighted by atomic mass is 10.3. The number of rotatable bonds is 8. The van der Waals surface area contributed by atoms with Crippen LogP contribution >= 0.6 is 35.3 Å². The highest BCUT2D eigenvalue weighted by atomic mass is 127. The van der Waals surface area contributed by atoms with E-state index in [0.29, 0.717) is 19.0 Å². The molecule has 0 spiro atoms. The molecule has 2 rings (SSSR count). The maximum absolute atomic E-state index is 11.6. The number of carbonyl (C=O) groups excluding carboxylic acids is 1. The molecule has 8 heteroatoms. The summed E-state index contributed by atoms with van der Waals surface area (Å²) in [5, 5.41) is 10.5. The molecular formula is C15H26IN5OS. The van der Waals surface area contributed by atoms with E-state index in [0.717, 1.165) is 43.3 Å². The molecule has 1 aromatic heterocycles. The van der Waals surface area contributed by atoms with Gasteiger partial charge in [0.25, 0.3) is 0 Å². The van der Waals surface area contributed by atoms with E-state index in [1.807, 2.05) is 20.0 Å². The first-order chi connectivity index (χ1) is 10.7. The second kappa shape index (κ2) is 10.8. The summed E-state index contributed by atoms with van der Waals surface area (Å²) in [7, 11) is 0. The first-order valence-electron chi connectivity index (χ1n) is 7.90. The highest BCUT2D eigenvalue weighted by Gasteiger charge is 2.22. The van der Waals surface area contributed by atoms with Crippen molar-refractivity contribution in [2.45, 2.75) is 52.1 Å². The Kier molecular flexibility index (Phi) is 9.46. The van der Waals surface area contributed by atoms with Crippen molar-refractivity contribution in [1.82, 2.24) is 20.9 Å². The van der Waals surface area contributed by atoms with Gasteiger partial charge in [0, 0.05) is 36.6 Å². The van der Waals surface area contributed by atoms with Gasteiger partial charge >= 0.3 is 0 Å². The van der Waals surface area contributed by atoms with Gasteiger partial charge in [0.1, 0.15) is 5.01 Å². The van der Waals surface area contributed by atoms with Crippen molar-refractivity contribution in [3.8, 4) is 0 Å². The molecule has 0 aromatic carbocycles. The van der Waals surface area contributed by atoms with Crippen LogP contribution in [0.15, 0.2) is 11.2 Å². The number of carbonyl (C=O) groups is 1. The molecule has 0 atom stereocenters.